The van der Waals surface area contributed by atoms with Gasteiger partial charge in [-0.25, -0.2) is 0 Å². The Kier molecular flexibility index (Phi) is 6.06. The van der Waals surface area contributed by atoms with Gasteiger partial charge in [0.2, 0.25) is 0 Å². The van der Waals surface area contributed by atoms with Gasteiger partial charge in [0.15, 0.2) is 0 Å². The standard InChI is InChI=1S/C18H22INO/c1-4-20-17(12-14-6-8-15(19)9-7-14)16-11-13(2)5-10-18(16)21-3/h5-11,17,20H,4,12H2,1-3H3. The Morgan fingerprint density at radius 3 is 2.48 bits per heavy atom. The number of likely N-dealkylation sites (N-methyl/N-ethyl adjacent to an activating group) is 1. The second kappa shape index (κ2) is 7.80. The molecule has 0 aromatic heterocycles. The van der Waals surface area contributed by atoms with E-state index in [-0.39, 0.29) is 6.04 Å². The van der Waals surface area contributed by atoms with Gasteiger partial charge in [-0.3, -0.25) is 0 Å². The molecule has 0 heterocycles. The molecule has 1 N–H and O–H groups in total. The summed E-state index contributed by atoms with van der Waals surface area (Å²) in [5, 5.41) is 3.58. The number of halogens is 1. The average molecular weight is 395 g/mol. The predicted molar refractivity (Wildman–Crippen MR) is 97.0 cm³/mol. The van der Waals surface area contributed by atoms with Crippen LogP contribution in [0.4, 0.5) is 0 Å². The molecule has 3 heteroatoms. The third kappa shape index (κ3) is 4.45. The molecule has 2 aromatic rings. The van der Waals surface area contributed by atoms with E-state index in [1.165, 1.54) is 20.3 Å². The fraction of sp³-hybridized carbons (Fsp3) is 0.333. The summed E-state index contributed by atoms with van der Waals surface area (Å²) < 4.78 is 6.81. The second-order valence-electron chi connectivity index (χ2n) is 5.19. The van der Waals surface area contributed by atoms with Crippen molar-refractivity contribution >= 4 is 22.6 Å². The Bertz CT molecular complexity index is 580. The zero-order chi connectivity index (χ0) is 15.2. The van der Waals surface area contributed by atoms with E-state index in [1.54, 1.807) is 7.11 Å². The molecular weight excluding hydrogens is 373 g/mol. The van der Waals surface area contributed by atoms with Crippen molar-refractivity contribution in [3.8, 4) is 5.75 Å². The van der Waals surface area contributed by atoms with E-state index in [9.17, 15) is 0 Å². The molecule has 112 valence electrons. The molecule has 0 radical (unpaired) electrons. The van der Waals surface area contributed by atoms with E-state index < -0.39 is 0 Å². The molecule has 0 aliphatic carbocycles. The van der Waals surface area contributed by atoms with Gasteiger partial charge >= 0.3 is 0 Å². The van der Waals surface area contributed by atoms with Gasteiger partial charge in [-0.05, 0) is 66.2 Å². The summed E-state index contributed by atoms with van der Waals surface area (Å²) in [4.78, 5) is 0. The first-order valence-electron chi connectivity index (χ1n) is 7.26. The average Bonchev–Trinajstić information content (AvgIpc) is 2.49. The summed E-state index contributed by atoms with van der Waals surface area (Å²) >= 11 is 2.34. The highest BCUT2D eigenvalue weighted by Crippen LogP contribution is 2.29. The Morgan fingerprint density at radius 2 is 1.86 bits per heavy atom. The summed E-state index contributed by atoms with van der Waals surface area (Å²) in [6.45, 7) is 5.20. The van der Waals surface area contributed by atoms with E-state index >= 15 is 0 Å². The number of nitrogens with one attached hydrogen (secondary N) is 1. The van der Waals surface area contributed by atoms with Gasteiger partial charge in [-0.15, -0.1) is 0 Å². The van der Waals surface area contributed by atoms with E-state index in [2.05, 4.69) is 84.2 Å². The molecule has 2 aromatic carbocycles. The first-order valence-corrected chi connectivity index (χ1v) is 8.34. The third-order valence-electron chi connectivity index (χ3n) is 3.56. The Labute approximate surface area is 141 Å². The van der Waals surface area contributed by atoms with Gasteiger partial charge in [0.25, 0.3) is 0 Å². The van der Waals surface area contributed by atoms with Gasteiger partial charge in [-0.2, -0.15) is 0 Å². The van der Waals surface area contributed by atoms with Gasteiger partial charge < -0.3 is 10.1 Å². The minimum Gasteiger partial charge on any atom is -0.496 e. The van der Waals surface area contributed by atoms with Gasteiger partial charge in [-0.1, -0.05) is 36.8 Å². The molecule has 0 aliphatic heterocycles. The Hall–Kier alpha value is -1.07. The summed E-state index contributed by atoms with van der Waals surface area (Å²) in [6, 6.07) is 15.4. The number of benzene rings is 2. The van der Waals surface area contributed by atoms with Crippen molar-refractivity contribution in [3.63, 3.8) is 0 Å². The highest BCUT2D eigenvalue weighted by Gasteiger charge is 2.16. The van der Waals surface area contributed by atoms with Crippen LogP contribution in [0.3, 0.4) is 0 Å². The summed E-state index contributed by atoms with van der Waals surface area (Å²) in [6.07, 6.45) is 0.963. The highest BCUT2D eigenvalue weighted by molar-refractivity contribution is 14.1. The van der Waals surface area contributed by atoms with Crippen LogP contribution >= 0.6 is 22.6 Å². The molecule has 0 bridgehead atoms. The van der Waals surface area contributed by atoms with E-state index in [0.29, 0.717) is 0 Å². The zero-order valence-corrected chi connectivity index (χ0v) is 15.0. The van der Waals surface area contributed by atoms with Crippen LogP contribution in [-0.2, 0) is 6.42 Å². The monoisotopic (exact) mass is 395 g/mol. The largest absolute Gasteiger partial charge is 0.496 e. The quantitative estimate of drug-likeness (QED) is 0.728. The lowest BCUT2D eigenvalue weighted by Crippen LogP contribution is -2.23. The van der Waals surface area contributed by atoms with Crippen LogP contribution < -0.4 is 10.1 Å². The molecule has 0 spiro atoms. The van der Waals surface area contributed by atoms with Crippen LogP contribution in [0, 0.1) is 10.5 Å². The van der Waals surface area contributed by atoms with E-state index in [4.69, 9.17) is 4.74 Å². The number of methoxy groups -OCH3 is 1. The normalized spacial score (nSPS) is 12.2. The third-order valence-corrected chi connectivity index (χ3v) is 4.28. The Morgan fingerprint density at radius 1 is 1.14 bits per heavy atom. The van der Waals surface area contributed by atoms with Crippen molar-refractivity contribution in [2.45, 2.75) is 26.3 Å². The highest BCUT2D eigenvalue weighted by atomic mass is 127. The lowest BCUT2D eigenvalue weighted by atomic mass is 9.96. The van der Waals surface area contributed by atoms with E-state index in [1.807, 2.05) is 0 Å². The topological polar surface area (TPSA) is 21.3 Å². The van der Waals surface area contributed by atoms with Gasteiger partial charge in [0.1, 0.15) is 5.75 Å². The second-order valence-corrected chi connectivity index (χ2v) is 6.43. The number of hydrogen-bond acceptors (Lipinski definition) is 2. The smallest absolute Gasteiger partial charge is 0.123 e. The van der Waals surface area contributed by atoms with Crippen LogP contribution in [0.1, 0.15) is 29.7 Å². The number of aryl methyl sites for hydroxylation is 1. The fourth-order valence-electron chi connectivity index (χ4n) is 2.52. The molecule has 0 amide bonds. The number of rotatable bonds is 6. The molecule has 0 saturated heterocycles. The molecule has 2 rings (SSSR count). The maximum Gasteiger partial charge on any atom is 0.123 e. The molecule has 0 aliphatic rings. The first-order chi connectivity index (χ1) is 10.1. The summed E-state index contributed by atoms with van der Waals surface area (Å²) in [7, 11) is 1.74. The molecule has 21 heavy (non-hydrogen) atoms. The summed E-state index contributed by atoms with van der Waals surface area (Å²) in [5.74, 6) is 0.956. The summed E-state index contributed by atoms with van der Waals surface area (Å²) in [5.41, 5.74) is 3.83. The minimum atomic E-state index is 0.268. The van der Waals surface area contributed by atoms with Crippen molar-refractivity contribution in [1.82, 2.24) is 5.32 Å². The van der Waals surface area contributed by atoms with Crippen LogP contribution in [0.25, 0.3) is 0 Å². The van der Waals surface area contributed by atoms with Crippen LogP contribution in [0.15, 0.2) is 42.5 Å². The first kappa shape index (κ1) is 16.3. The van der Waals surface area contributed by atoms with Crippen LogP contribution in [-0.4, -0.2) is 13.7 Å². The zero-order valence-electron chi connectivity index (χ0n) is 12.8. The molecular formula is C18H22INO. The Balaban J connectivity index is 2.30. The predicted octanol–water partition coefficient (Wildman–Crippen LogP) is 4.50. The maximum absolute atomic E-state index is 5.54. The van der Waals surface area contributed by atoms with Crippen molar-refractivity contribution in [2.75, 3.05) is 13.7 Å². The molecule has 0 fully saturated rings. The van der Waals surface area contributed by atoms with Crippen LogP contribution in [0.2, 0.25) is 0 Å². The molecule has 1 unspecified atom stereocenters. The SMILES string of the molecule is CCNC(Cc1ccc(I)cc1)c1cc(C)ccc1OC. The van der Waals surface area contributed by atoms with Gasteiger partial charge in [0.05, 0.1) is 7.11 Å². The number of hydrogen-bond donors (Lipinski definition) is 1. The van der Waals surface area contributed by atoms with Crippen molar-refractivity contribution < 1.29 is 4.74 Å². The van der Waals surface area contributed by atoms with Crippen molar-refractivity contribution in [1.29, 1.82) is 0 Å². The lowest BCUT2D eigenvalue weighted by Gasteiger charge is -2.21. The minimum absolute atomic E-state index is 0.268. The van der Waals surface area contributed by atoms with Crippen molar-refractivity contribution in [2.24, 2.45) is 0 Å². The van der Waals surface area contributed by atoms with E-state index in [0.717, 1.165) is 18.7 Å². The molecule has 1 atom stereocenters. The van der Waals surface area contributed by atoms with Gasteiger partial charge in [0, 0.05) is 15.2 Å². The maximum atomic E-state index is 5.54. The molecule has 2 nitrogen and oxygen atoms in total. The van der Waals surface area contributed by atoms with Crippen LogP contribution in [0.5, 0.6) is 5.75 Å². The van der Waals surface area contributed by atoms with Crippen molar-refractivity contribution in [3.05, 3.63) is 62.7 Å². The lowest BCUT2D eigenvalue weighted by molar-refractivity contribution is 0.399. The molecule has 0 saturated carbocycles. The number of ether oxygens (including phenoxy) is 1. The fourth-order valence-corrected chi connectivity index (χ4v) is 2.88.